The minimum absolute atomic E-state index is 0.0806. The lowest BCUT2D eigenvalue weighted by Crippen LogP contribution is -2.48. The zero-order valence-electron chi connectivity index (χ0n) is 16.3. The Bertz CT molecular complexity index is 897. The Hall–Kier alpha value is -3.35. The molecule has 29 heavy (non-hydrogen) atoms. The third-order valence-electron chi connectivity index (χ3n) is 4.87. The summed E-state index contributed by atoms with van der Waals surface area (Å²) < 4.78 is 5.14. The number of hydrogen-bond donors (Lipinski definition) is 2. The zero-order chi connectivity index (χ0) is 20.8. The highest BCUT2D eigenvalue weighted by Gasteiger charge is 2.26. The number of hydrogen-bond acceptors (Lipinski definition) is 4. The van der Waals surface area contributed by atoms with Gasteiger partial charge in [-0.15, -0.1) is 0 Å². The Morgan fingerprint density at radius 1 is 1.10 bits per heavy atom. The van der Waals surface area contributed by atoms with Crippen LogP contribution in [0.4, 0.5) is 10.5 Å². The topological polar surface area (TPSA) is 95.9 Å². The predicted molar refractivity (Wildman–Crippen MR) is 108 cm³/mol. The van der Waals surface area contributed by atoms with Crippen molar-refractivity contribution in [2.24, 2.45) is 0 Å². The number of carbonyl (C=O) groups excluding carboxylic acids is 2. The number of rotatable bonds is 7. The summed E-state index contributed by atoms with van der Waals surface area (Å²) in [7, 11) is 0. The molecule has 152 valence electrons. The summed E-state index contributed by atoms with van der Waals surface area (Å²) in [6.07, 6.45) is 2.22. The van der Waals surface area contributed by atoms with Gasteiger partial charge in [-0.1, -0.05) is 36.4 Å². The van der Waals surface area contributed by atoms with Gasteiger partial charge in [0.2, 0.25) is 5.91 Å². The van der Waals surface area contributed by atoms with Gasteiger partial charge in [-0.3, -0.25) is 14.5 Å². The summed E-state index contributed by atoms with van der Waals surface area (Å²) >= 11 is 0. The summed E-state index contributed by atoms with van der Waals surface area (Å²) in [5, 5.41) is 11.7. The maximum absolute atomic E-state index is 12.9. The van der Waals surface area contributed by atoms with Gasteiger partial charge in [-0.2, -0.15) is 0 Å². The van der Waals surface area contributed by atoms with Crippen molar-refractivity contribution in [3.05, 3.63) is 65.2 Å². The van der Waals surface area contributed by atoms with Crippen LogP contribution in [-0.2, 0) is 33.8 Å². The minimum atomic E-state index is -1.13. The van der Waals surface area contributed by atoms with Crippen LogP contribution in [0.1, 0.15) is 30.0 Å². The molecule has 0 heterocycles. The number of carbonyl (C=O) groups is 3. The molecule has 0 unspecified atom stereocenters. The van der Waals surface area contributed by atoms with Crippen LogP contribution in [0.5, 0.6) is 0 Å². The molecule has 2 N–H and O–H groups in total. The summed E-state index contributed by atoms with van der Waals surface area (Å²) in [4.78, 5) is 37.4. The normalized spacial score (nSPS) is 13.3. The molecule has 0 spiro atoms. The summed E-state index contributed by atoms with van der Waals surface area (Å²) in [5.41, 5.74) is 3.71. The fourth-order valence-corrected chi connectivity index (χ4v) is 3.39. The predicted octanol–water partition coefficient (Wildman–Crippen LogP) is 2.91. The van der Waals surface area contributed by atoms with Gasteiger partial charge >= 0.3 is 12.1 Å². The number of fused-ring (bicyclic) bond motifs is 1. The summed E-state index contributed by atoms with van der Waals surface area (Å²) in [6, 6.07) is 13.8. The van der Waals surface area contributed by atoms with Crippen molar-refractivity contribution in [2.75, 3.05) is 11.4 Å². The molecule has 3 rings (SSSR count). The highest BCUT2D eigenvalue weighted by atomic mass is 16.5. The molecule has 0 saturated heterocycles. The van der Waals surface area contributed by atoms with Crippen molar-refractivity contribution in [1.29, 1.82) is 0 Å². The van der Waals surface area contributed by atoms with Crippen LogP contribution in [0.15, 0.2) is 48.5 Å². The fraction of sp³-hybridized carbons (Fsp3) is 0.318. The molecule has 0 fully saturated rings. The number of aryl methyl sites for hydroxylation is 2. The molecular weight excluding hydrogens is 372 g/mol. The lowest BCUT2D eigenvalue weighted by Gasteiger charge is -2.25. The van der Waals surface area contributed by atoms with E-state index in [0.717, 1.165) is 30.4 Å². The second-order valence-corrected chi connectivity index (χ2v) is 7.05. The summed E-state index contributed by atoms with van der Waals surface area (Å²) in [5.74, 6) is -1.64. The second kappa shape index (κ2) is 9.23. The van der Waals surface area contributed by atoms with Crippen LogP contribution in [0.3, 0.4) is 0 Å². The van der Waals surface area contributed by atoms with Crippen molar-refractivity contribution in [3.63, 3.8) is 0 Å². The first-order chi connectivity index (χ1) is 13.9. The number of alkyl carbamates (subject to hydrolysis) is 1. The van der Waals surface area contributed by atoms with Gasteiger partial charge in [-0.05, 0) is 55.0 Å². The van der Waals surface area contributed by atoms with E-state index in [4.69, 9.17) is 4.74 Å². The van der Waals surface area contributed by atoms with E-state index < -0.39 is 30.6 Å². The molecule has 0 aromatic heterocycles. The van der Waals surface area contributed by atoms with Crippen LogP contribution >= 0.6 is 0 Å². The number of anilines is 1. The first-order valence-electron chi connectivity index (χ1n) is 9.56. The number of amides is 2. The molecule has 0 aliphatic heterocycles. The van der Waals surface area contributed by atoms with E-state index in [9.17, 15) is 19.5 Å². The van der Waals surface area contributed by atoms with Gasteiger partial charge in [0.25, 0.3) is 0 Å². The van der Waals surface area contributed by atoms with Crippen molar-refractivity contribution in [2.45, 2.75) is 38.8 Å². The van der Waals surface area contributed by atoms with E-state index in [-0.39, 0.29) is 6.61 Å². The SMILES string of the molecule is C[C@H](NC(=O)OCc1ccccc1)C(=O)N(CC(=O)O)c1ccc2c(c1)CCC2. The Morgan fingerprint density at radius 3 is 2.55 bits per heavy atom. The molecular formula is C22H24N2O5. The van der Waals surface area contributed by atoms with Crippen molar-refractivity contribution in [1.82, 2.24) is 5.32 Å². The highest BCUT2D eigenvalue weighted by Crippen LogP contribution is 2.27. The van der Waals surface area contributed by atoms with Crippen LogP contribution in [-0.4, -0.2) is 35.7 Å². The number of carboxylic acids is 1. The van der Waals surface area contributed by atoms with E-state index in [1.165, 1.54) is 17.4 Å². The molecule has 0 saturated carbocycles. The Morgan fingerprint density at radius 2 is 1.83 bits per heavy atom. The van der Waals surface area contributed by atoms with E-state index in [0.29, 0.717) is 5.69 Å². The smallest absolute Gasteiger partial charge is 0.408 e. The van der Waals surface area contributed by atoms with Gasteiger partial charge in [0.05, 0.1) is 0 Å². The number of aliphatic carboxylic acids is 1. The minimum Gasteiger partial charge on any atom is -0.480 e. The standard InChI is InChI=1S/C22H24N2O5/c1-15(23-22(28)29-14-16-6-3-2-4-7-16)21(27)24(13-20(25)26)19-11-10-17-8-5-9-18(17)12-19/h2-4,6-7,10-12,15H,5,8-9,13-14H2,1H3,(H,23,28)(H,25,26)/t15-/m0/s1. The number of nitrogens with zero attached hydrogens (tertiary/aromatic N) is 1. The van der Waals surface area contributed by atoms with Gasteiger partial charge in [-0.25, -0.2) is 4.79 Å². The molecule has 1 atom stereocenters. The number of ether oxygens (including phenoxy) is 1. The van der Waals surface area contributed by atoms with Crippen LogP contribution in [0.25, 0.3) is 0 Å². The molecule has 1 aliphatic carbocycles. The van der Waals surface area contributed by atoms with E-state index >= 15 is 0 Å². The maximum atomic E-state index is 12.9. The molecule has 0 radical (unpaired) electrons. The second-order valence-electron chi connectivity index (χ2n) is 7.05. The average molecular weight is 396 g/mol. The first-order valence-corrected chi connectivity index (χ1v) is 9.56. The zero-order valence-corrected chi connectivity index (χ0v) is 16.3. The fourth-order valence-electron chi connectivity index (χ4n) is 3.39. The summed E-state index contributed by atoms with van der Waals surface area (Å²) in [6.45, 7) is 1.11. The molecule has 2 amide bonds. The van der Waals surface area contributed by atoms with E-state index in [2.05, 4.69) is 5.32 Å². The largest absolute Gasteiger partial charge is 0.480 e. The first kappa shape index (κ1) is 20.4. The van der Waals surface area contributed by atoms with Crippen molar-refractivity contribution < 1.29 is 24.2 Å². The lowest BCUT2D eigenvalue weighted by molar-refractivity contribution is -0.136. The van der Waals surface area contributed by atoms with Gasteiger partial charge in [0.1, 0.15) is 19.2 Å². The number of carboxylic acid groups (broad SMARTS) is 1. The van der Waals surface area contributed by atoms with E-state index in [1.54, 1.807) is 6.07 Å². The molecule has 0 bridgehead atoms. The van der Waals surface area contributed by atoms with Gasteiger partial charge in [0.15, 0.2) is 0 Å². The maximum Gasteiger partial charge on any atom is 0.408 e. The number of benzene rings is 2. The monoisotopic (exact) mass is 396 g/mol. The van der Waals surface area contributed by atoms with Gasteiger partial charge in [0, 0.05) is 5.69 Å². The molecule has 1 aliphatic rings. The Balaban J connectivity index is 1.65. The van der Waals surface area contributed by atoms with Crippen LogP contribution in [0, 0.1) is 0 Å². The van der Waals surface area contributed by atoms with Crippen LogP contribution < -0.4 is 10.2 Å². The average Bonchev–Trinajstić information content (AvgIpc) is 3.18. The molecule has 2 aromatic carbocycles. The lowest BCUT2D eigenvalue weighted by atomic mass is 10.1. The Kier molecular flexibility index (Phi) is 6.49. The molecule has 2 aromatic rings. The van der Waals surface area contributed by atoms with Crippen molar-refractivity contribution >= 4 is 23.7 Å². The van der Waals surface area contributed by atoms with Crippen molar-refractivity contribution in [3.8, 4) is 0 Å². The highest BCUT2D eigenvalue weighted by molar-refractivity contribution is 6.01. The third kappa shape index (κ3) is 5.34. The molecule has 7 heteroatoms. The van der Waals surface area contributed by atoms with Crippen LogP contribution in [0.2, 0.25) is 0 Å². The third-order valence-corrected chi connectivity index (χ3v) is 4.87. The number of nitrogens with one attached hydrogen (secondary N) is 1. The van der Waals surface area contributed by atoms with Gasteiger partial charge < -0.3 is 15.2 Å². The quantitative estimate of drug-likeness (QED) is 0.750. The molecule has 7 nitrogen and oxygen atoms in total. The van der Waals surface area contributed by atoms with E-state index in [1.807, 2.05) is 42.5 Å². The Labute approximate surface area is 169 Å².